The number of nitrogens with one attached hydrogen (secondary N) is 2. The van der Waals surface area contributed by atoms with E-state index in [4.69, 9.17) is 10.5 Å². The van der Waals surface area contributed by atoms with E-state index in [-0.39, 0.29) is 38.3 Å². The average Bonchev–Trinajstić information content (AvgIpc) is 3.08. The van der Waals surface area contributed by atoms with Gasteiger partial charge in [0.25, 0.3) is 0 Å². The van der Waals surface area contributed by atoms with Gasteiger partial charge in [-0.3, -0.25) is 9.59 Å². The number of amides is 3. The van der Waals surface area contributed by atoms with Crippen LogP contribution >= 0.6 is 0 Å². The first-order valence-electron chi connectivity index (χ1n) is 10.3. The van der Waals surface area contributed by atoms with Crippen molar-refractivity contribution in [1.82, 2.24) is 10.6 Å². The van der Waals surface area contributed by atoms with Crippen molar-refractivity contribution in [2.45, 2.75) is 31.2 Å². The number of nitrogens with two attached hydrogens (primary N) is 1. The molecule has 1 aliphatic rings. The minimum absolute atomic E-state index is 0.00784. The molecule has 32 heavy (non-hydrogen) atoms. The highest BCUT2D eigenvalue weighted by molar-refractivity contribution is 5.82. The Bertz CT molecular complexity index is 977. The molecule has 0 saturated heterocycles. The Hall–Kier alpha value is -3.88. The van der Waals surface area contributed by atoms with Crippen LogP contribution in [0.15, 0.2) is 48.5 Å². The van der Waals surface area contributed by atoms with Gasteiger partial charge in [-0.15, -0.1) is 0 Å². The van der Waals surface area contributed by atoms with Gasteiger partial charge in [-0.1, -0.05) is 48.5 Å². The van der Waals surface area contributed by atoms with Crippen molar-refractivity contribution in [3.8, 4) is 11.1 Å². The smallest absolute Gasteiger partial charge is 0.407 e. The Labute approximate surface area is 184 Å². The number of benzene rings is 2. The van der Waals surface area contributed by atoms with E-state index < -0.39 is 29.9 Å². The zero-order valence-corrected chi connectivity index (χ0v) is 17.4. The maximum absolute atomic E-state index is 12.3. The van der Waals surface area contributed by atoms with Crippen molar-refractivity contribution in [2.24, 2.45) is 5.73 Å². The lowest BCUT2D eigenvalue weighted by atomic mass is 9.98. The van der Waals surface area contributed by atoms with Crippen molar-refractivity contribution in [1.29, 1.82) is 0 Å². The lowest BCUT2D eigenvalue weighted by Crippen LogP contribution is -2.42. The third kappa shape index (κ3) is 5.63. The van der Waals surface area contributed by atoms with Crippen molar-refractivity contribution in [3.05, 3.63) is 59.7 Å². The zero-order chi connectivity index (χ0) is 23.1. The summed E-state index contributed by atoms with van der Waals surface area (Å²) in [5, 5.41) is 14.1. The fourth-order valence-electron chi connectivity index (χ4n) is 3.73. The maximum atomic E-state index is 12.3. The fourth-order valence-corrected chi connectivity index (χ4v) is 3.73. The van der Waals surface area contributed by atoms with Gasteiger partial charge in [-0.2, -0.15) is 0 Å². The van der Waals surface area contributed by atoms with Gasteiger partial charge in [0.15, 0.2) is 0 Å². The van der Waals surface area contributed by atoms with Crippen LogP contribution in [-0.2, 0) is 19.1 Å². The third-order valence-corrected chi connectivity index (χ3v) is 5.29. The largest absolute Gasteiger partial charge is 0.480 e. The number of carbonyl (C=O) groups excluding carboxylic acids is 3. The standard InChI is InChI=1S/C23H25N3O6/c24-20(27)11-12-25-21(28)10-9-19(22(29)30)26-23(31)32-13-18-16-7-3-1-5-14(16)15-6-2-4-8-17(15)18/h1-8,18-19H,9-13H2,(H2,24,27)(H,25,28)(H,26,31)(H,29,30)/t19-/m0/s1. The molecule has 5 N–H and O–H groups in total. The molecule has 1 aliphatic carbocycles. The molecule has 9 heteroatoms. The topological polar surface area (TPSA) is 148 Å². The van der Waals surface area contributed by atoms with Crippen LogP contribution in [0.3, 0.4) is 0 Å². The molecule has 0 aliphatic heterocycles. The molecule has 0 fully saturated rings. The number of carboxylic acid groups (broad SMARTS) is 1. The molecule has 3 rings (SSSR count). The van der Waals surface area contributed by atoms with Crippen LogP contribution in [0.5, 0.6) is 0 Å². The van der Waals surface area contributed by atoms with Crippen LogP contribution in [0.25, 0.3) is 11.1 Å². The van der Waals surface area contributed by atoms with E-state index >= 15 is 0 Å². The van der Waals surface area contributed by atoms with Gasteiger partial charge >= 0.3 is 12.1 Å². The van der Waals surface area contributed by atoms with Crippen LogP contribution in [0.2, 0.25) is 0 Å². The van der Waals surface area contributed by atoms with Crippen LogP contribution in [-0.4, -0.2) is 48.2 Å². The van der Waals surface area contributed by atoms with Gasteiger partial charge in [0.05, 0.1) is 0 Å². The average molecular weight is 439 g/mol. The van der Waals surface area contributed by atoms with Crippen molar-refractivity contribution >= 4 is 23.9 Å². The number of primary amides is 1. The summed E-state index contributed by atoms with van der Waals surface area (Å²) in [6.45, 7) is 0.130. The highest BCUT2D eigenvalue weighted by Gasteiger charge is 2.29. The number of fused-ring (bicyclic) bond motifs is 3. The minimum Gasteiger partial charge on any atom is -0.480 e. The number of hydrogen-bond acceptors (Lipinski definition) is 5. The van der Waals surface area contributed by atoms with E-state index in [1.54, 1.807) is 0 Å². The molecule has 0 bridgehead atoms. The molecule has 0 spiro atoms. The van der Waals surface area contributed by atoms with Crippen LogP contribution in [0, 0.1) is 0 Å². The molecule has 0 aromatic heterocycles. The van der Waals surface area contributed by atoms with Crippen molar-refractivity contribution in [2.75, 3.05) is 13.2 Å². The second-order valence-corrected chi connectivity index (χ2v) is 7.47. The Morgan fingerprint density at radius 1 is 0.969 bits per heavy atom. The van der Waals surface area contributed by atoms with Gasteiger partial charge in [-0.05, 0) is 28.7 Å². The molecule has 2 aromatic carbocycles. The first-order valence-corrected chi connectivity index (χ1v) is 10.3. The SMILES string of the molecule is NC(=O)CCNC(=O)CC[C@H](NC(=O)OCC1c2ccccc2-c2ccccc21)C(=O)O. The number of alkyl carbamates (subject to hydrolysis) is 1. The first-order chi connectivity index (χ1) is 15.4. The Balaban J connectivity index is 1.53. The van der Waals surface area contributed by atoms with Crippen LogP contribution < -0.4 is 16.4 Å². The summed E-state index contributed by atoms with van der Waals surface area (Å²) in [6.07, 6.45) is -1.14. The fraction of sp³-hybridized carbons (Fsp3) is 0.304. The normalized spacial score (nSPS) is 12.9. The number of carbonyl (C=O) groups is 4. The van der Waals surface area contributed by atoms with E-state index in [2.05, 4.69) is 10.6 Å². The number of aliphatic carboxylic acids is 1. The summed E-state index contributed by atoms with van der Waals surface area (Å²) < 4.78 is 5.35. The summed E-state index contributed by atoms with van der Waals surface area (Å²) in [5.74, 6) is -2.41. The number of rotatable bonds is 10. The Kier molecular flexibility index (Phi) is 7.43. The molecule has 0 heterocycles. The molecule has 3 amide bonds. The third-order valence-electron chi connectivity index (χ3n) is 5.29. The highest BCUT2D eigenvalue weighted by Crippen LogP contribution is 2.44. The molecule has 0 radical (unpaired) electrons. The number of carboxylic acids is 1. The number of ether oxygens (including phenoxy) is 1. The number of hydrogen-bond donors (Lipinski definition) is 4. The Morgan fingerprint density at radius 2 is 1.56 bits per heavy atom. The van der Waals surface area contributed by atoms with Crippen LogP contribution in [0.1, 0.15) is 36.3 Å². The second kappa shape index (κ2) is 10.4. The van der Waals surface area contributed by atoms with E-state index in [1.807, 2.05) is 48.5 Å². The minimum atomic E-state index is -1.28. The summed E-state index contributed by atoms with van der Waals surface area (Å²) in [4.78, 5) is 46.2. The van der Waals surface area contributed by atoms with E-state index in [0.717, 1.165) is 22.3 Å². The van der Waals surface area contributed by atoms with Crippen LogP contribution in [0.4, 0.5) is 4.79 Å². The summed E-state index contributed by atoms with van der Waals surface area (Å²) in [7, 11) is 0. The van der Waals surface area contributed by atoms with Crippen molar-refractivity contribution in [3.63, 3.8) is 0 Å². The van der Waals surface area contributed by atoms with Gasteiger partial charge in [-0.25, -0.2) is 9.59 Å². The summed E-state index contributed by atoms with van der Waals surface area (Å²) in [6, 6.07) is 14.5. The second-order valence-electron chi connectivity index (χ2n) is 7.47. The molecular formula is C23H25N3O6. The molecule has 0 unspecified atom stereocenters. The van der Waals surface area contributed by atoms with Gasteiger partial charge in [0.1, 0.15) is 12.6 Å². The first kappa shape index (κ1) is 22.8. The maximum Gasteiger partial charge on any atom is 0.407 e. The van der Waals surface area contributed by atoms with E-state index in [1.165, 1.54) is 0 Å². The zero-order valence-electron chi connectivity index (χ0n) is 17.4. The monoisotopic (exact) mass is 439 g/mol. The van der Waals surface area contributed by atoms with Gasteiger partial charge in [0, 0.05) is 25.3 Å². The quantitative estimate of drug-likeness (QED) is 0.443. The van der Waals surface area contributed by atoms with Gasteiger partial charge < -0.3 is 26.2 Å². The summed E-state index contributed by atoms with van der Waals surface area (Å²) in [5.41, 5.74) is 9.26. The molecule has 0 saturated carbocycles. The lowest BCUT2D eigenvalue weighted by molar-refractivity contribution is -0.139. The Morgan fingerprint density at radius 3 is 2.12 bits per heavy atom. The highest BCUT2D eigenvalue weighted by atomic mass is 16.5. The molecule has 168 valence electrons. The van der Waals surface area contributed by atoms with Crippen molar-refractivity contribution < 1.29 is 29.0 Å². The molecular weight excluding hydrogens is 414 g/mol. The predicted octanol–water partition coefficient (Wildman–Crippen LogP) is 1.75. The summed E-state index contributed by atoms with van der Waals surface area (Å²) >= 11 is 0. The molecule has 1 atom stereocenters. The van der Waals surface area contributed by atoms with Gasteiger partial charge in [0.2, 0.25) is 11.8 Å². The molecule has 9 nitrogen and oxygen atoms in total. The lowest BCUT2D eigenvalue weighted by Gasteiger charge is -2.17. The van der Waals surface area contributed by atoms with E-state index in [9.17, 15) is 24.3 Å². The van der Waals surface area contributed by atoms with E-state index in [0.29, 0.717) is 0 Å². The molecule has 2 aromatic rings. The predicted molar refractivity (Wildman–Crippen MR) is 116 cm³/mol.